The van der Waals surface area contributed by atoms with Gasteiger partial charge in [0.15, 0.2) is 5.82 Å². The molecular weight excluding hydrogens is 450 g/mol. The average molecular weight is 474 g/mol. The van der Waals surface area contributed by atoms with Gasteiger partial charge in [0.2, 0.25) is 15.8 Å². The minimum absolute atomic E-state index is 0.0490. The minimum Gasteiger partial charge on any atom is -0.345 e. The van der Waals surface area contributed by atoms with Crippen LogP contribution in [0.2, 0.25) is 0 Å². The maximum atomic E-state index is 12.8. The molecule has 172 valence electrons. The topological polar surface area (TPSA) is 106 Å². The second-order valence-corrected chi connectivity index (χ2v) is 9.81. The summed E-state index contributed by atoms with van der Waals surface area (Å²) in [7, 11) is -3.50. The summed E-state index contributed by atoms with van der Waals surface area (Å²) in [4.78, 5) is 17.6. The Bertz CT molecular complexity index is 1340. The lowest BCUT2D eigenvalue weighted by Gasteiger charge is -2.07. The maximum Gasteiger partial charge on any atom is 0.291 e. The molecule has 0 radical (unpaired) electrons. The van der Waals surface area contributed by atoms with Gasteiger partial charge in [-0.25, -0.2) is 22.8 Å². The van der Waals surface area contributed by atoms with Crippen LogP contribution in [0.4, 0.5) is 0 Å². The number of hydrogen-bond acceptors (Lipinski definition) is 5. The molecule has 1 heterocycles. The van der Waals surface area contributed by atoms with Crippen molar-refractivity contribution in [3.05, 3.63) is 96.3 Å². The maximum absolute atomic E-state index is 12.8. The standard InChI is InChI=1S/C25H23N5O3S/c31-25(26-17-18-11-15-22(16-12-18)34(32,33)29-20-13-14-20)23-27-24(19-7-3-1-4-8-19)30(28-23)21-9-5-2-6-10-21/h1-12,15-16,20,29H,13-14,17H2,(H,26,31). The molecule has 4 aromatic rings. The third-order valence-corrected chi connectivity index (χ3v) is 6.97. The van der Waals surface area contributed by atoms with E-state index in [1.165, 1.54) is 0 Å². The van der Waals surface area contributed by atoms with Crippen LogP contribution in [0.3, 0.4) is 0 Å². The zero-order chi connectivity index (χ0) is 23.5. The summed E-state index contributed by atoms with van der Waals surface area (Å²) in [6.07, 6.45) is 1.76. The highest BCUT2D eigenvalue weighted by atomic mass is 32.2. The van der Waals surface area contributed by atoms with Crippen LogP contribution < -0.4 is 10.0 Å². The van der Waals surface area contributed by atoms with Crippen molar-refractivity contribution in [1.82, 2.24) is 24.8 Å². The van der Waals surface area contributed by atoms with E-state index in [1.807, 2.05) is 60.7 Å². The van der Waals surface area contributed by atoms with Gasteiger partial charge in [0, 0.05) is 18.2 Å². The summed E-state index contributed by atoms with van der Waals surface area (Å²) in [5, 5.41) is 7.27. The van der Waals surface area contributed by atoms with Crippen LogP contribution in [0.1, 0.15) is 29.0 Å². The number of para-hydroxylation sites is 1. The van der Waals surface area contributed by atoms with E-state index in [2.05, 4.69) is 20.1 Å². The van der Waals surface area contributed by atoms with Gasteiger partial charge in [-0.3, -0.25) is 4.79 Å². The normalized spacial score (nSPS) is 13.5. The Labute approximate surface area is 197 Å². The molecule has 5 rings (SSSR count). The monoisotopic (exact) mass is 473 g/mol. The Hall–Kier alpha value is -3.82. The Morgan fingerprint density at radius 3 is 2.21 bits per heavy atom. The van der Waals surface area contributed by atoms with Crippen LogP contribution in [0.5, 0.6) is 0 Å². The number of carbonyl (C=O) groups excluding carboxylic acids is 1. The lowest BCUT2D eigenvalue weighted by atomic mass is 10.2. The number of carbonyl (C=O) groups is 1. The number of rotatable bonds is 8. The molecule has 1 aromatic heterocycles. The fraction of sp³-hybridized carbons (Fsp3) is 0.160. The molecule has 1 saturated carbocycles. The van der Waals surface area contributed by atoms with Gasteiger partial charge < -0.3 is 5.32 Å². The summed E-state index contributed by atoms with van der Waals surface area (Å²) >= 11 is 0. The molecule has 1 aliphatic carbocycles. The van der Waals surface area contributed by atoms with Gasteiger partial charge in [0.05, 0.1) is 10.6 Å². The summed E-state index contributed by atoms with van der Waals surface area (Å²) in [6.45, 7) is 0.218. The van der Waals surface area contributed by atoms with Crippen molar-refractivity contribution in [3.8, 4) is 17.1 Å². The van der Waals surface area contributed by atoms with Crippen molar-refractivity contribution in [2.24, 2.45) is 0 Å². The van der Waals surface area contributed by atoms with E-state index >= 15 is 0 Å². The number of nitrogens with one attached hydrogen (secondary N) is 2. The Morgan fingerprint density at radius 1 is 0.912 bits per heavy atom. The fourth-order valence-electron chi connectivity index (χ4n) is 3.47. The molecule has 34 heavy (non-hydrogen) atoms. The van der Waals surface area contributed by atoms with E-state index in [4.69, 9.17) is 0 Å². The summed E-state index contributed by atoms with van der Waals surface area (Å²) in [5.41, 5.74) is 2.41. The highest BCUT2D eigenvalue weighted by Gasteiger charge is 2.27. The Morgan fingerprint density at radius 2 is 1.56 bits per heavy atom. The van der Waals surface area contributed by atoms with E-state index in [-0.39, 0.29) is 23.3 Å². The number of sulfonamides is 1. The van der Waals surface area contributed by atoms with Gasteiger partial charge in [-0.1, -0.05) is 60.7 Å². The first kappa shape index (κ1) is 22.0. The van der Waals surface area contributed by atoms with Crippen LogP contribution in [0, 0.1) is 0 Å². The largest absolute Gasteiger partial charge is 0.345 e. The van der Waals surface area contributed by atoms with E-state index in [0.29, 0.717) is 5.82 Å². The molecule has 8 nitrogen and oxygen atoms in total. The minimum atomic E-state index is -3.50. The molecule has 0 aliphatic heterocycles. The van der Waals surface area contributed by atoms with Crippen LogP contribution in [-0.2, 0) is 16.6 Å². The zero-order valence-electron chi connectivity index (χ0n) is 18.3. The first-order valence-electron chi connectivity index (χ1n) is 11.0. The molecule has 2 N–H and O–H groups in total. The summed E-state index contributed by atoms with van der Waals surface area (Å²) in [6, 6.07) is 25.6. The second kappa shape index (κ2) is 9.20. The SMILES string of the molecule is O=C(NCc1ccc(S(=O)(=O)NC2CC2)cc1)c1nc(-c2ccccc2)n(-c2ccccc2)n1. The van der Waals surface area contributed by atoms with Crippen molar-refractivity contribution in [3.63, 3.8) is 0 Å². The third kappa shape index (κ3) is 4.90. The number of nitrogens with zero attached hydrogens (tertiary/aromatic N) is 3. The lowest BCUT2D eigenvalue weighted by molar-refractivity contribution is 0.0940. The van der Waals surface area contributed by atoms with E-state index in [1.54, 1.807) is 28.9 Å². The van der Waals surface area contributed by atoms with E-state index < -0.39 is 15.9 Å². The van der Waals surface area contributed by atoms with Gasteiger partial charge in [0.1, 0.15) is 0 Å². The number of benzene rings is 3. The van der Waals surface area contributed by atoms with Crippen molar-refractivity contribution in [1.29, 1.82) is 0 Å². The molecule has 0 saturated heterocycles. The number of hydrogen-bond donors (Lipinski definition) is 2. The molecule has 9 heteroatoms. The predicted octanol–water partition coefficient (Wildman–Crippen LogP) is 3.31. The second-order valence-electron chi connectivity index (χ2n) is 8.09. The van der Waals surface area contributed by atoms with Crippen LogP contribution in [0.15, 0.2) is 89.8 Å². The molecule has 0 atom stereocenters. The van der Waals surface area contributed by atoms with Crippen LogP contribution in [-0.4, -0.2) is 35.1 Å². The van der Waals surface area contributed by atoms with Gasteiger partial charge in [-0.05, 0) is 42.7 Å². The third-order valence-electron chi connectivity index (χ3n) is 5.43. The van der Waals surface area contributed by atoms with Gasteiger partial charge in [-0.15, -0.1) is 5.10 Å². The molecular formula is C25H23N5O3S. The average Bonchev–Trinajstić information content (AvgIpc) is 3.56. The van der Waals surface area contributed by atoms with Gasteiger partial charge >= 0.3 is 0 Å². The van der Waals surface area contributed by atoms with Crippen molar-refractivity contribution >= 4 is 15.9 Å². The van der Waals surface area contributed by atoms with E-state index in [9.17, 15) is 13.2 Å². The smallest absolute Gasteiger partial charge is 0.291 e. The van der Waals surface area contributed by atoms with Crippen molar-refractivity contribution in [2.75, 3.05) is 0 Å². The van der Waals surface area contributed by atoms with E-state index in [0.717, 1.165) is 29.7 Å². The fourth-order valence-corrected chi connectivity index (χ4v) is 4.77. The van der Waals surface area contributed by atoms with Crippen LogP contribution in [0.25, 0.3) is 17.1 Å². The first-order valence-corrected chi connectivity index (χ1v) is 12.5. The first-order chi connectivity index (χ1) is 16.5. The van der Waals surface area contributed by atoms with Crippen molar-refractivity contribution in [2.45, 2.75) is 30.3 Å². The highest BCUT2D eigenvalue weighted by Crippen LogP contribution is 2.23. The Kier molecular flexibility index (Phi) is 5.95. The summed E-state index contributed by atoms with van der Waals surface area (Å²) < 4.78 is 28.9. The molecule has 0 bridgehead atoms. The predicted molar refractivity (Wildman–Crippen MR) is 128 cm³/mol. The molecule has 3 aromatic carbocycles. The molecule has 0 spiro atoms. The zero-order valence-corrected chi connectivity index (χ0v) is 19.1. The van der Waals surface area contributed by atoms with Gasteiger partial charge in [0.25, 0.3) is 5.91 Å². The van der Waals surface area contributed by atoms with Crippen molar-refractivity contribution < 1.29 is 13.2 Å². The van der Waals surface area contributed by atoms with Gasteiger partial charge in [-0.2, -0.15) is 0 Å². The number of amides is 1. The molecule has 1 aliphatic rings. The lowest BCUT2D eigenvalue weighted by Crippen LogP contribution is -2.26. The number of aromatic nitrogens is 3. The molecule has 0 unspecified atom stereocenters. The Balaban J connectivity index is 1.32. The molecule has 1 fully saturated rings. The molecule has 1 amide bonds. The van der Waals surface area contributed by atoms with Crippen LogP contribution >= 0.6 is 0 Å². The highest BCUT2D eigenvalue weighted by molar-refractivity contribution is 7.89. The summed E-state index contributed by atoms with van der Waals surface area (Å²) in [5.74, 6) is 0.198. The quantitative estimate of drug-likeness (QED) is 0.408.